The lowest BCUT2D eigenvalue weighted by Crippen LogP contribution is -2.01. The molecule has 63 heavy (non-hydrogen) atoms. The lowest BCUT2D eigenvalue weighted by Gasteiger charge is -2.17. The molecular weight excluding hydrogens is 765 g/mol. The SMILES string of the molecule is Cc1ccccc1-c1ccc2c(c1)c1ccccc1n2-c1ccc(-c2nc(-c3ccccc3)cc(-c3ccccc3)n2)cc1-c1cccc(-n2c3ccccc3c3ccccc32)c1. The maximum atomic E-state index is 5.28. The van der Waals surface area contributed by atoms with Gasteiger partial charge in [-0.15, -0.1) is 0 Å². The van der Waals surface area contributed by atoms with Gasteiger partial charge in [-0.25, -0.2) is 9.97 Å². The highest BCUT2D eigenvalue weighted by Gasteiger charge is 2.20. The second kappa shape index (κ2) is 15.0. The molecule has 0 N–H and O–H groups in total. The highest BCUT2D eigenvalue weighted by atomic mass is 15.0. The summed E-state index contributed by atoms with van der Waals surface area (Å²) in [6.07, 6.45) is 0. The minimum Gasteiger partial charge on any atom is -0.309 e. The van der Waals surface area contributed by atoms with Crippen LogP contribution in [0.3, 0.4) is 0 Å². The molecular formula is C59H40N4. The molecule has 4 nitrogen and oxygen atoms in total. The molecule has 3 heterocycles. The Morgan fingerprint density at radius 3 is 1.48 bits per heavy atom. The van der Waals surface area contributed by atoms with E-state index in [0.717, 1.165) is 61.6 Å². The van der Waals surface area contributed by atoms with Crippen molar-refractivity contribution >= 4 is 43.6 Å². The average molecular weight is 805 g/mol. The smallest absolute Gasteiger partial charge is 0.160 e. The van der Waals surface area contributed by atoms with Gasteiger partial charge in [0.2, 0.25) is 0 Å². The number of para-hydroxylation sites is 3. The molecule has 0 aliphatic rings. The summed E-state index contributed by atoms with van der Waals surface area (Å²) < 4.78 is 4.83. The van der Waals surface area contributed by atoms with Crippen molar-refractivity contribution in [2.75, 3.05) is 0 Å². The molecule has 0 spiro atoms. The number of aromatic nitrogens is 4. The Balaban J connectivity index is 1.12. The summed E-state index contributed by atoms with van der Waals surface area (Å²) >= 11 is 0. The first-order valence-electron chi connectivity index (χ1n) is 21.5. The zero-order chi connectivity index (χ0) is 41.9. The van der Waals surface area contributed by atoms with Gasteiger partial charge >= 0.3 is 0 Å². The van der Waals surface area contributed by atoms with Gasteiger partial charge in [-0.3, -0.25) is 0 Å². The molecule has 0 radical (unpaired) electrons. The van der Waals surface area contributed by atoms with E-state index in [9.17, 15) is 0 Å². The Bertz CT molecular complexity index is 3580. The predicted octanol–water partition coefficient (Wildman–Crippen LogP) is 15.3. The Kier molecular flexibility index (Phi) is 8.68. The molecule has 0 aliphatic carbocycles. The summed E-state index contributed by atoms with van der Waals surface area (Å²) in [5.41, 5.74) is 17.5. The molecule has 296 valence electrons. The zero-order valence-corrected chi connectivity index (χ0v) is 34.7. The molecule has 0 fully saturated rings. The predicted molar refractivity (Wildman–Crippen MR) is 263 cm³/mol. The topological polar surface area (TPSA) is 35.6 Å². The van der Waals surface area contributed by atoms with Crippen molar-refractivity contribution in [3.05, 3.63) is 230 Å². The molecule has 12 aromatic rings. The quantitative estimate of drug-likeness (QED) is 0.161. The Labute approximate surface area is 365 Å². The van der Waals surface area contributed by atoms with Crippen LogP contribution in [-0.4, -0.2) is 19.1 Å². The van der Waals surface area contributed by atoms with Crippen LogP contribution in [-0.2, 0) is 0 Å². The van der Waals surface area contributed by atoms with E-state index in [1.165, 1.54) is 49.3 Å². The van der Waals surface area contributed by atoms with Gasteiger partial charge in [0.1, 0.15) is 0 Å². The van der Waals surface area contributed by atoms with Crippen LogP contribution in [0, 0.1) is 6.92 Å². The number of hydrogen-bond acceptors (Lipinski definition) is 2. The second-order valence-corrected chi connectivity index (χ2v) is 16.2. The van der Waals surface area contributed by atoms with Crippen LogP contribution >= 0.6 is 0 Å². The highest BCUT2D eigenvalue weighted by Crippen LogP contribution is 2.41. The van der Waals surface area contributed by atoms with Crippen molar-refractivity contribution in [1.82, 2.24) is 19.1 Å². The fraction of sp³-hybridized carbons (Fsp3) is 0.0169. The van der Waals surface area contributed by atoms with Crippen molar-refractivity contribution in [3.63, 3.8) is 0 Å². The molecule has 0 bridgehead atoms. The van der Waals surface area contributed by atoms with Gasteiger partial charge in [0.05, 0.1) is 39.1 Å². The van der Waals surface area contributed by atoms with Gasteiger partial charge in [-0.05, 0) is 95.9 Å². The molecule has 3 aromatic heterocycles. The van der Waals surface area contributed by atoms with E-state index in [-0.39, 0.29) is 0 Å². The number of fused-ring (bicyclic) bond motifs is 6. The summed E-state index contributed by atoms with van der Waals surface area (Å²) in [4.78, 5) is 10.6. The van der Waals surface area contributed by atoms with E-state index in [0.29, 0.717) is 5.82 Å². The number of aryl methyl sites for hydroxylation is 1. The van der Waals surface area contributed by atoms with E-state index in [1.807, 2.05) is 12.1 Å². The minimum absolute atomic E-state index is 0.673. The monoisotopic (exact) mass is 804 g/mol. The third-order valence-corrected chi connectivity index (χ3v) is 12.5. The van der Waals surface area contributed by atoms with Crippen LogP contribution in [0.2, 0.25) is 0 Å². The summed E-state index contributed by atoms with van der Waals surface area (Å²) in [5, 5.41) is 4.90. The molecule has 0 unspecified atom stereocenters. The molecule has 0 amide bonds. The van der Waals surface area contributed by atoms with Crippen LogP contribution in [0.5, 0.6) is 0 Å². The highest BCUT2D eigenvalue weighted by molar-refractivity contribution is 6.12. The van der Waals surface area contributed by atoms with Crippen molar-refractivity contribution in [3.8, 4) is 67.5 Å². The molecule has 0 saturated heterocycles. The second-order valence-electron chi connectivity index (χ2n) is 16.2. The largest absolute Gasteiger partial charge is 0.309 e. The van der Waals surface area contributed by atoms with Gasteiger partial charge in [0.15, 0.2) is 5.82 Å². The first kappa shape index (κ1) is 36.5. The van der Waals surface area contributed by atoms with E-state index in [4.69, 9.17) is 9.97 Å². The average Bonchev–Trinajstić information content (AvgIpc) is 3.87. The van der Waals surface area contributed by atoms with E-state index >= 15 is 0 Å². The lowest BCUT2D eigenvalue weighted by atomic mass is 9.98. The van der Waals surface area contributed by atoms with Crippen LogP contribution in [0.1, 0.15) is 5.56 Å². The zero-order valence-electron chi connectivity index (χ0n) is 34.7. The minimum atomic E-state index is 0.673. The molecule has 0 saturated carbocycles. The summed E-state index contributed by atoms with van der Waals surface area (Å²) in [6.45, 7) is 2.19. The first-order chi connectivity index (χ1) is 31.2. The van der Waals surface area contributed by atoms with Crippen molar-refractivity contribution in [2.45, 2.75) is 6.92 Å². The first-order valence-corrected chi connectivity index (χ1v) is 21.5. The Morgan fingerprint density at radius 2 is 0.825 bits per heavy atom. The standard InChI is InChI=1S/C59H40N4/c1-39-17-8-9-24-46(39)43-31-33-58-51(36-43)49-27-12-15-30-56(49)63(58)57-34-32-44(59-60-52(40-18-4-2-5-19-40)38-53(61-59)41-20-6-3-7-21-41)37-50(57)42-22-16-23-45(35-42)62-54-28-13-10-25-47(54)48-26-11-14-29-55(48)62/h2-38H,1H3. The lowest BCUT2D eigenvalue weighted by molar-refractivity contribution is 1.16. The van der Waals surface area contributed by atoms with E-state index in [2.05, 4.69) is 228 Å². The van der Waals surface area contributed by atoms with E-state index in [1.54, 1.807) is 0 Å². The van der Waals surface area contributed by atoms with Gasteiger partial charge in [-0.2, -0.15) is 0 Å². The van der Waals surface area contributed by atoms with Crippen molar-refractivity contribution < 1.29 is 0 Å². The molecule has 9 aromatic carbocycles. The summed E-state index contributed by atoms with van der Waals surface area (Å²) in [5.74, 6) is 0.673. The van der Waals surface area contributed by atoms with Gasteiger partial charge in [0.25, 0.3) is 0 Å². The fourth-order valence-electron chi connectivity index (χ4n) is 9.50. The Morgan fingerprint density at radius 1 is 0.317 bits per heavy atom. The number of nitrogens with zero attached hydrogens (tertiary/aromatic N) is 4. The normalized spacial score (nSPS) is 11.6. The van der Waals surface area contributed by atoms with Crippen LogP contribution < -0.4 is 0 Å². The van der Waals surface area contributed by atoms with Crippen LogP contribution in [0.15, 0.2) is 224 Å². The van der Waals surface area contributed by atoms with Crippen LogP contribution in [0.25, 0.3) is 111 Å². The Hall–Kier alpha value is -8.34. The molecule has 0 aliphatic heterocycles. The number of benzene rings is 9. The summed E-state index contributed by atoms with van der Waals surface area (Å²) in [6, 6.07) is 80.3. The molecule has 12 rings (SSSR count). The molecule has 4 heteroatoms. The van der Waals surface area contributed by atoms with Gasteiger partial charge < -0.3 is 9.13 Å². The molecule has 0 atom stereocenters. The van der Waals surface area contributed by atoms with Gasteiger partial charge in [-0.1, -0.05) is 158 Å². The summed E-state index contributed by atoms with van der Waals surface area (Å²) in [7, 11) is 0. The number of hydrogen-bond donors (Lipinski definition) is 0. The number of rotatable bonds is 7. The fourth-order valence-corrected chi connectivity index (χ4v) is 9.50. The van der Waals surface area contributed by atoms with Crippen LogP contribution in [0.4, 0.5) is 0 Å². The van der Waals surface area contributed by atoms with Crippen molar-refractivity contribution in [1.29, 1.82) is 0 Å². The van der Waals surface area contributed by atoms with Crippen molar-refractivity contribution in [2.24, 2.45) is 0 Å². The van der Waals surface area contributed by atoms with E-state index < -0.39 is 0 Å². The third-order valence-electron chi connectivity index (χ3n) is 12.5. The van der Waals surface area contributed by atoms with Gasteiger partial charge in [0, 0.05) is 49.5 Å². The maximum Gasteiger partial charge on any atom is 0.160 e. The third kappa shape index (κ3) is 6.23. The maximum absolute atomic E-state index is 5.28.